The summed E-state index contributed by atoms with van der Waals surface area (Å²) in [7, 11) is 0. The van der Waals surface area contributed by atoms with Crippen LogP contribution in [0.2, 0.25) is 0 Å². The minimum atomic E-state index is -4.38. The Morgan fingerprint density at radius 2 is 1.52 bits per heavy atom. The molecule has 4 heteroatoms. The van der Waals surface area contributed by atoms with E-state index in [-0.39, 0.29) is 19.1 Å². The van der Waals surface area contributed by atoms with Crippen molar-refractivity contribution in [1.29, 1.82) is 0 Å². The largest absolute Gasteiger partial charge is 0.401 e. The van der Waals surface area contributed by atoms with E-state index >= 15 is 0 Å². The standard InChI is InChI=1S/C17H27F3O/c1-2-3-13-4-6-14(7-5-13)15-8-10-16(12-21,11-9-15)17(18,19)20/h12-15H,2-11H2,1H3. The van der Waals surface area contributed by atoms with Crippen LogP contribution in [0.4, 0.5) is 13.2 Å². The maximum Gasteiger partial charge on any atom is 0.401 e. The normalized spacial score (nSPS) is 38.2. The van der Waals surface area contributed by atoms with E-state index in [1.54, 1.807) is 0 Å². The van der Waals surface area contributed by atoms with E-state index in [0.29, 0.717) is 24.7 Å². The number of hydrogen-bond donors (Lipinski definition) is 0. The van der Waals surface area contributed by atoms with Crippen LogP contribution in [0.25, 0.3) is 0 Å². The third kappa shape index (κ3) is 3.62. The minimum Gasteiger partial charge on any atom is -0.302 e. The molecule has 0 aromatic carbocycles. The smallest absolute Gasteiger partial charge is 0.302 e. The molecule has 1 nitrogen and oxygen atoms in total. The van der Waals surface area contributed by atoms with Gasteiger partial charge in [0.2, 0.25) is 0 Å². The quantitative estimate of drug-likeness (QED) is 0.624. The van der Waals surface area contributed by atoms with Crippen molar-refractivity contribution in [3.8, 4) is 0 Å². The Morgan fingerprint density at radius 1 is 1.00 bits per heavy atom. The van der Waals surface area contributed by atoms with Crippen molar-refractivity contribution in [2.24, 2.45) is 23.2 Å². The van der Waals surface area contributed by atoms with Crippen molar-refractivity contribution in [3.05, 3.63) is 0 Å². The Kier molecular flexibility index (Phi) is 5.37. The summed E-state index contributed by atoms with van der Waals surface area (Å²) < 4.78 is 39.2. The molecule has 122 valence electrons. The van der Waals surface area contributed by atoms with Crippen LogP contribution in [0.15, 0.2) is 0 Å². The van der Waals surface area contributed by atoms with E-state index in [1.807, 2.05) is 0 Å². The lowest BCUT2D eigenvalue weighted by Crippen LogP contribution is -2.43. The van der Waals surface area contributed by atoms with Crippen molar-refractivity contribution in [3.63, 3.8) is 0 Å². The van der Waals surface area contributed by atoms with Crippen molar-refractivity contribution in [1.82, 2.24) is 0 Å². The Labute approximate surface area is 125 Å². The average molecular weight is 304 g/mol. The van der Waals surface area contributed by atoms with E-state index in [2.05, 4.69) is 6.92 Å². The molecule has 0 aromatic heterocycles. The first-order chi connectivity index (χ1) is 9.92. The van der Waals surface area contributed by atoms with Crippen molar-refractivity contribution in [2.75, 3.05) is 0 Å². The van der Waals surface area contributed by atoms with Gasteiger partial charge in [-0.2, -0.15) is 13.2 Å². The number of alkyl halides is 3. The lowest BCUT2D eigenvalue weighted by atomic mass is 9.64. The molecule has 0 unspecified atom stereocenters. The van der Waals surface area contributed by atoms with Crippen molar-refractivity contribution < 1.29 is 18.0 Å². The summed E-state index contributed by atoms with van der Waals surface area (Å²) in [4.78, 5) is 11.0. The van der Waals surface area contributed by atoms with E-state index in [9.17, 15) is 18.0 Å². The van der Waals surface area contributed by atoms with Crippen LogP contribution in [0, 0.1) is 23.2 Å². The van der Waals surface area contributed by atoms with Gasteiger partial charge in [0.15, 0.2) is 0 Å². The van der Waals surface area contributed by atoms with Crippen LogP contribution in [-0.4, -0.2) is 12.5 Å². The maximum atomic E-state index is 13.1. The highest BCUT2D eigenvalue weighted by Crippen LogP contribution is 2.51. The molecule has 0 saturated heterocycles. The van der Waals surface area contributed by atoms with Crippen LogP contribution in [-0.2, 0) is 4.79 Å². The lowest BCUT2D eigenvalue weighted by Gasteiger charge is -2.41. The molecule has 0 aromatic rings. The molecule has 0 amide bonds. The second-order valence-electron chi connectivity index (χ2n) is 7.18. The van der Waals surface area contributed by atoms with Gasteiger partial charge in [-0.1, -0.05) is 32.6 Å². The molecular weight excluding hydrogens is 277 g/mol. The van der Waals surface area contributed by atoms with Gasteiger partial charge in [0.1, 0.15) is 11.7 Å². The highest BCUT2D eigenvalue weighted by Gasteiger charge is 2.56. The molecule has 0 radical (unpaired) electrons. The Bertz CT molecular complexity index is 334. The van der Waals surface area contributed by atoms with E-state index in [1.165, 1.54) is 38.5 Å². The summed E-state index contributed by atoms with van der Waals surface area (Å²) in [6, 6.07) is 0. The lowest BCUT2D eigenvalue weighted by molar-refractivity contribution is -0.225. The summed E-state index contributed by atoms with van der Waals surface area (Å²) in [5.41, 5.74) is -2.05. The van der Waals surface area contributed by atoms with Crippen LogP contribution < -0.4 is 0 Å². The summed E-state index contributed by atoms with van der Waals surface area (Å²) in [6.45, 7) is 2.21. The zero-order chi connectivity index (χ0) is 15.5. The highest BCUT2D eigenvalue weighted by molar-refractivity contribution is 5.61. The number of carbonyl (C=O) groups excluding carboxylic acids is 1. The number of aldehydes is 1. The zero-order valence-electron chi connectivity index (χ0n) is 12.9. The molecule has 2 fully saturated rings. The topological polar surface area (TPSA) is 17.1 Å². The van der Waals surface area contributed by atoms with Gasteiger partial charge in [0, 0.05) is 0 Å². The molecule has 0 heterocycles. The van der Waals surface area contributed by atoms with Crippen LogP contribution >= 0.6 is 0 Å². The molecule has 2 aliphatic rings. The Morgan fingerprint density at radius 3 is 1.95 bits per heavy atom. The summed E-state index contributed by atoms with van der Waals surface area (Å²) in [6.07, 6.45) is 4.29. The zero-order valence-corrected chi connectivity index (χ0v) is 12.9. The number of hydrogen-bond acceptors (Lipinski definition) is 1. The van der Waals surface area contributed by atoms with Crippen LogP contribution in [0.1, 0.15) is 71.1 Å². The second-order valence-corrected chi connectivity index (χ2v) is 7.18. The first kappa shape index (κ1) is 16.8. The molecule has 0 aliphatic heterocycles. The van der Waals surface area contributed by atoms with Gasteiger partial charge in [0.05, 0.1) is 0 Å². The third-order valence-electron chi connectivity index (χ3n) is 5.97. The maximum absolute atomic E-state index is 13.1. The SMILES string of the molecule is CCCC1CCC(C2CCC(C=O)(C(F)(F)F)CC2)CC1. The monoisotopic (exact) mass is 304 g/mol. The molecule has 0 N–H and O–H groups in total. The Balaban J connectivity index is 1.86. The molecule has 2 rings (SSSR count). The fourth-order valence-corrected chi connectivity index (χ4v) is 4.45. The van der Waals surface area contributed by atoms with Crippen molar-refractivity contribution >= 4 is 6.29 Å². The van der Waals surface area contributed by atoms with Gasteiger partial charge in [-0.15, -0.1) is 0 Å². The summed E-state index contributed by atoms with van der Waals surface area (Å²) in [5.74, 6) is 1.83. The molecule has 2 aliphatic carbocycles. The fraction of sp³-hybridized carbons (Fsp3) is 0.941. The highest BCUT2D eigenvalue weighted by atomic mass is 19.4. The molecule has 0 atom stereocenters. The van der Waals surface area contributed by atoms with E-state index in [4.69, 9.17) is 0 Å². The predicted molar refractivity (Wildman–Crippen MR) is 76.9 cm³/mol. The second kappa shape index (κ2) is 6.70. The minimum absolute atomic E-state index is 0.000441. The molecule has 2 saturated carbocycles. The van der Waals surface area contributed by atoms with Crippen molar-refractivity contribution in [2.45, 2.75) is 77.3 Å². The van der Waals surface area contributed by atoms with E-state index in [0.717, 1.165) is 5.92 Å². The van der Waals surface area contributed by atoms with Gasteiger partial charge in [-0.05, 0) is 56.3 Å². The number of carbonyl (C=O) groups is 1. The molecule has 21 heavy (non-hydrogen) atoms. The summed E-state index contributed by atoms with van der Waals surface area (Å²) >= 11 is 0. The average Bonchev–Trinajstić information content (AvgIpc) is 2.47. The van der Waals surface area contributed by atoms with Gasteiger partial charge >= 0.3 is 6.18 Å². The van der Waals surface area contributed by atoms with Crippen LogP contribution in [0.5, 0.6) is 0 Å². The predicted octanol–water partition coefficient (Wildman–Crippen LogP) is 5.53. The van der Waals surface area contributed by atoms with Gasteiger partial charge in [-0.25, -0.2) is 0 Å². The van der Waals surface area contributed by atoms with Crippen LogP contribution in [0.3, 0.4) is 0 Å². The number of rotatable bonds is 4. The molecular formula is C17H27F3O. The Hall–Kier alpha value is -0.540. The summed E-state index contributed by atoms with van der Waals surface area (Å²) in [5, 5.41) is 0. The first-order valence-electron chi connectivity index (χ1n) is 8.45. The molecule has 0 bridgehead atoms. The third-order valence-corrected chi connectivity index (χ3v) is 5.97. The van der Waals surface area contributed by atoms with E-state index < -0.39 is 11.6 Å². The first-order valence-corrected chi connectivity index (χ1v) is 8.45. The van der Waals surface area contributed by atoms with Gasteiger partial charge < -0.3 is 4.79 Å². The van der Waals surface area contributed by atoms with Gasteiger partial charge in [0.25, 0.3) is 0 Å². The number of halogens is 3. The molecule has 0 spiro atoms. The van der Waals surface area contributed by atoms with Gasteiger partial charge in [-0.3, -0.25) is 0 Å². The fourth-order valence-electron chi connectivity index (χ4n) is 4.45.